The summed E-state index contributed by atoms with van der Waals surface area (Å²) in [7, 11) is -1.80. The van der Waals surface area contributed by atoms with E-state index < -0.39 is 10.0 Å². The van der Waals surface area contributed by atoms with Gasteiger partial charge in [-0.15, -0.1) is 0 Å². The molecule has 0 spiro atoms. The number of rotatable bonds is 8. The molecule has 1 aliphatic carbocycles. The molecule has 31 heavy (non-hydrogen) atoms. The van der Waals surface area contributed by atoms with Gasteiger partial charge in [0.15, 0.2) is 0 Å². The van der Waals surface area contributed by atoms with Gasteiger partial charge in [0.2, 0.25) is 10.0 Å². The van der Waals surface area contributed by atoms with Crippen molar-refractivity contribution < 1.29 is 8.42 Å². The molecule has 1 saturated heterocycles. The molecule has 2 aromatic carbocycles. The van der Waals surface area contributed by atoms with E-state index in [4.69, 9.17) is 0 Å². The molecular weight excluding hydrogens is 404 g/mol. The number of fused-ring (bicyclic) bond motifs is 1. The summed E-state index contributed by atoms with van der Waals surface area (Å²) in [6.45, 7) is 6.11. The van der Waals surface area contributed by atoms with E-state index in [1.807, 2.05) is 12.1 Å². The number of nitrogens with zero attached hydrogens (tertiary/aromatic N) is 2. The lowest BCUT2D eigenvalue weighted by Crippen LogP contribution is -2.44. The second-order valence-corrected chi connectivity index (χ2v) is 11.8. The number of hydrogen-bond acceptors (Lipinski definition) is 3. The minimum Gasteiger partial charge on any atom is -0.303 e. The SMILES string of the molecule is CN(C[C@@](C)(CCN1CCC2CCCC2C1)c1ccccc1)S(=O)(=O)c1ccccc1. The van der Waals surface area contributed by atoms with Crippen LogP contribution in [0, 0.1) is 11.8 Å². The van der Waals surface area contributed by atoms with Crippen molar-refractivity contribution in [2.24, 2.45) is 11.8 Å². The fraction of sp³-hybridized carbons (Fsp3) is 0.538. The Balaban J connectivity index is 1.50. The summed E-state index contributed by atoms with van der Waals surface area (Å²) in [6.07, 6.45) is 6.47. The highest BCUT2D eigenvalue weighted by Crippen LogP contribution is 2.38. The van der Waals surface area contributed by atoms with Gasteiger partial charge in [0.1, 0.15) is 0 Å². The van der Waals surface area contributed by atoms with E-state index in [2.05, 4.69) is 36.1 Å². The van der Waals surface area contributed by atoms with Gasteiger partial charge in [0, 0.05) is 25.6 Å². The van der Waals surface area contributed by atoms with Crippen molar-refractivity contribution >= 4 is 10.0 Å². The van der Waals surface area contributed by atoms with Crippen LogP contribution in [0.2, 0.25) is 0 Å². The van der Waals surface area contributed by atoms with Crippen LogP contribution in [0.15, 0.2) is 65.6 Å². The Morgan fingerprint density at radius 1 is 0.968 bits per heavy atom. The highest BCUT2D eigenvalue weighted by molar-refractivity contribution is 7.89. The van der Waals surface area contributed by atoms with Crippen LogP contribution >= 0.6 is 0 Å². The van der Waals surface area contributed by atoms with Crippen molar-refractivity contribution in [2.45, 2.75) is 49.3 Å². The van der Waals surface area contributed by atoms with Crippen LogP contribution in [0.5, 0.6) is 0 Å². The van der Waals surface area contributed by atoms with Crippen LogP contribution in [0.1, 0.15) is 44.6 Å². The first kappa shape index (κ1) is 22.5. The molecule has 1 saturated carbocycles. The molecule has 0 amide bonds. The maximum Gasteiger partial charge on any atom is 0.242 e. The number of benzene rings is 2. The summed E-state index contributed by atoms with van der Waals surface area (Å²) >= 11 is 0. The molecule has 0 radical (unpaired) electrons. The predicted molar refractivity (Wildman–Crippen MR) is 127 cm³/mol. The Morgan fingerprint density at radius 3 is 2.32 bits per heavy atom. The average Bonchev–Trinajstić information content (AvgIpc) is 3.27. The summed E-state index contributed by atoms with van der Waals surface area (Å²) in [5.41, 5.74) is 0.963. The molecule has 2 unspecified atom stereocenters. The van der Waals surface area contributed by atoms with Crippen LogP contribution in [0.4, 0.5) is 0 Å². The Bertz CT molecular complexity index is 948. The topological polar surface area (TPSA) is 40.6 Å². The lowest BCUT2D eigenvalue weighted by atomic mass is 9.78. The molecule has 4 rings (SSSR count). The predicted octanol–water partition coefficient (Wildman–Crippen LogP) is 4.78. The van der Waals surface area contributed by atoms with Crippen molar-refractivity contribution in [1.29, 1.82) is 0 Å². The second-order valence-electron chi connectivity index (χ2n) is 9.79. The zero-order chi connectivity index (χ0) is 21.9. The molecule has 0 N–H and O–H groups in total. The smallest absolute Gasteiger partial charge is 0.242 e. The van der Waals surface area contributed by atoms with E-state index in [1.165, 1.54) is 44.3 Å². The van der Waals surface area contributed by atoms with Crippen molar-refractivity contribution in [2.75, 3.05) is 33.2 Å². The normalized spacial score (nSPS) is 24.1. The van der Waals surface area contributed by atoms with Crippen LogP contribution < -0.4 is 0 Å². The van der Waals surface area contributed by atoms with Gasteiger partial charge in [0.25, 0.3) is 0 Å². The third-order valence-electron chi connectivity index (χ3n) is 7.60. The van der Waals surface area contributed by atoms with Crippen molar-refractivity contribution in [1.82, 2.24) is 9.21 Å². The zero-order valence-electron chi connectivity index (χ0n) is 18.9. The second kappa shape index (κ2) is 9.43. The quantitative estimate of drug-likeness (QED) is 0.593. The van der Waals surface area contributed by atoms with Gasteiger partial charge in [-0.05, 0) is 61.9 Å². The fourth-order valence-corrected chi connectivity index (χ4v) is 6.93. The number of likely N-dealkylation sites (N-methyl/N-ethyl adjacent to an activating group) is 1. The van der Waals surface area contributed by atoms with Crippen molar-refractivity contribution in [3.05, 3.63) is 66.2 Å². The summed E-state index contributed by atoms with van der Waals surface area (Å²) in [4.78, 5) is 2.98. The van der Waals surface area contributed by atoms with Crippen molar-refractivity contribution in [3.63, 3.8) is 0 Å². The minimum absolute atomic E-state index is 0.246. The van der Waals surface area contributed by atoms with E-state index in [1.54, 1.807) is 35.6 Å². The fourth-order valence-electron chi connectivity index (χ4n) is 5.62. The summed E-state index contributed by atoms with van der Waals surface area (Å²) in [5.74, 6) is 1.82. The minimum atomic E-state index is -3.52. The third-order valence-corrected chi connectivity index (χ3v) is 9.42. The Hall–Kier alpha value is -1.69. The van der Waals surface area contributed by atoms with Gasteiger partial charge in [-0.3, -0.25) is 0 Å². The average molecular weight is 441 g/mol. The number of likely N-dealkylation sites (tertiary alicyclic amines) is 1. The Morgan fingerprint density at radius 2 is 1.61 bits per heavy atom. The van der Waals surface area contributed by atoms with Gasteiger partial charge in [0.05, 0.1) is 4.90 Å². The molecule has 4 nitrogen and oxygen atoms in total. The molecule has 0 aromatic heterocycles. The molecule has 2 aromatic rings. The molecule has 0 bridgehead atoms. The molecule has 168 valence electrons. The Kier molecular flexibility index (Phi) is 6.85. The lowest BCUT2D eigenvalue weighted by molar-refractivity contribution is 0.127. The van der Waals surface area contributed by atoms with Gasteiger partial charge in [-0.1, -0.05) is 68.3 Å². The largest absolute Gasteiger partial charge is 0.303 e. The highest BCUT2D eigenvalue weighted by Gasteiger charge is 2.36. The zero-order valence-corrected chi connectivity index (χ0v) is 19.7. The molecule has 5 heteroatoms. The van der Waals surface area contributed by atoms with Crippen molar-refractivity contribution in [3.8, 4) is 0 Å². The van der Waals surface area contributed by atoms with Gasteiger partial charge >= 0.3 is 0 Å². The third kappa shape index (κ3) is 5.05. The van der Waals surface area contributed by atoms with Crippen LogP contribution in [-0.4, -0.2) is 50.8 Å². The van der Waals surface area contributed by atoms with E-state index in [9.17, 15) is 8.42 Å². The van der Waals surface area contributed by atoms with Gasteiger partial charge in [-0.25, -0.2) is 12.7 Å². The summed E-state index contributed by atoms with van der Waals surface area (Å²) < 4.78 is 27.9. The first-order valence-corrected chi connectivity index (χ1v) is 13.1. The van der Waals surface area contributed by atoms with Crippen LogP contribution in [0.3, 0.4) is 0 Å². The molecule has 1 heterocycles. The monoisotopic (exact) mass is 440 g/mol. The highest BCUT2D eigenvalue weighted by atomic mass is 32.2. The number of sulfonamides is 1. The van der Waals surface area contributed by atoms with Crippen LogP contribution in [-0.2, 0) is 15.4 Å². The summed E-state index contributed by atoms with van der Waals surface area (Å²) in [5, 5.41) is 0. The van der Waals surface area contributed by atoms with E-state index in [0.717, 1.165) is 24.8 Å². The standard InChI is InChI=1S/C26H36N2O2S/c1-26(24-12-5-3-6-13-24,17-19-28-18-16-22-10-9-11-23(22)20-28)21-27(2)31(29,30)25-14-7-4-8-15-25/h3-8,12-15,22-23H,9-11,16-21H2,1-2H3/t22?,23?,26-/m1/s1. The van der Waals surface area contributed by atoms with E-state index in [-0.39, 0.29) is 5.41 Å². The molecule has 2 fully saturated rings. The molecule has 3 atom stereocenters. The van der Waals surface area contributed by atoms with Gasteiger partial charge in [-0.2, -0.15) is 0 Å². The lowest BCUT2D eigenvalue weighted by Gasteiger charge is -2.39. The molecule has 2 aliphatic rings. The van der Waals surface area contributed by atoms with E-state index >= 15 is 0 Å². The molecular formula is C26H36N2O2S. The maximum absolute atomic E-state index is 13.2. The maximum atomic E-state index is 13.2. The first-order valence-electron chi connectivity index (χ1n) is 11.7. The number of piperidine rings is 1. The summed E-state index contributed by atoms with van der Waals surface area (Å²) in [6, 6.07) is 19.2. The van der Waals surface area contributed by atoms with E-state index in [0.29, 0.717) is 11.4 Å². The first-order chi connectivity index (χ1) is 14.9. The number of hydrogen-bond donors (Lipinski definition) is 0. The molecule has 1 aliphatic heterocycles. The Labute approximate surface area is 188 Å². The van der Waals surface area contributed by atoms with Crippen LogP contribution in [0.25, 0.3) is 0 Å². The van der Waals surface area contributed by atoms with Gasteiger partial charge < -0.3 is 4.90 Å².